The van der Waals surface area contributed by atoms with E-state index in [1.165, 1.54) is 18.3 Å². The first-order valence-corrected chi connectivity index (χ1v) is 11.8. The summed E-state index contributed by atoms with van der Waals surface area (Å²) in [6.07, 6.45) is 1.39. The third kappa shape index (κ3) is 5.60. The van der Waals surface area contributed by atoms with Gasteiger partial charge in [0.1, 0.15) is 30.4 Å². The van der Waals surface area contributed by atoms with Gasteiger partial charge < -0.3 is 19.0 Å². The lowest BCUT2D eigenvalue weighted by atomic mass is 10.2. The smallest absolute Gasteiger partial charge is 0.296 e. The molecule has 0 radical (unpaired) electrons. The molecule has 2 aromatic carbocycles. The van der Waals surface area contributed by atoms with Gasteiger partial charge in [-0.2, -0.15) is 8.42 Å². The van der Waals surface area contributed by atoms with Crippen LogP contribution in [0.4, 0.5) is 0 Å². The molecule has 34 heavy (non-hydrogen) atoms. The van der Waals surface area contributed by atoms with Crippen LogP contribution in [-0.2, 0) is 23.3 Å². The molecule has 2 N–H and O–H groups in total. The van der Waals surface area contributed by atoms with Gasteiger partial charge in [-0.3, -0.25) is 4.55 Å². The van der Waals surface area contributed by atoms with Crippen molar-refractivity contribution in [2.24, 2.45) is 0 Å². The van der Waals surface area contributed by atoms with Crippen molar-refractivity contribution in [1.29, 1.82) is 0 Å². The molecule has 4 rings (SSSR count). The van der Waals surface area contributed by atoms with Gasteiger partial charge in [0.05, 0.1) is 5.56 Å². The monoisotopic (exact) mass is 482 g/mol. The summed E-state index contributed by atoms with van der Waals surface area (Å²) in [6, 6.07) is 19.4. The number of hydrogen-bond acceptors (Lipinski definition) is 8. The molecular formula is C24H22N2O7S. The minimum absolute atomic E-state index is 0.0608. The molecule has 4 aromatic rings. The van der Waals surface area contributed by atoms with E-state index in [9.17, 15) is 13.5 Å². The third-order valence-corrected chi connectivity index (χ3v) is 5.75. The maximum absolute atomic E-state index is 11.3. The largest absolute Gasteiger partial charge is 0.487 e. The van der Waals surface area contributed by atoms with Gasteiger partial charge in [0.25, 0.3) is 10.1 Å². The molecule has 9 nitrogen and oxygen atoms in total. The van der Waals surface area contributed by atoms with Gasteiger partial charge in [0.2, 0.25) is 17.2 Å². The summed E-state index contributed by atoms with van der Waals surface area (Å²) >= 11 is 0. The van der Waals surface area contributed by atoms with E-state index in [1.807, 2.05) is 37.3 Å². The topological polar surface area (TPSA) is 132 Å². The summed E-state index contributed by atoms with van der Waals surface area (Å²) in [7, 11) is -4.71. The molecule has 1 atom stereocenters. The van der Waals surface area contributed by atoms with Gasteiger partial charge in [-0.1, -0.05) is 30.3 Å². The van der Waals surface area contributed by atoms with E-state index in [1.54, 1.807) is 24.3 Å². The molecule has 0 saturated heterocycles. The minimum atomic E-state index is -4.71. The molecule has 0 amide bonds. The fourth-order valence-corrected chi connectivity index (χ4v) is 3.62. The Morgan fingerprint density at radius 3 is 2.41 bits per heavy atom. The van der Waals surface area contributed by atoms with Crippen LogP contribution in [0.3, 0.4) is 0 Å². The Labute approximate surface area is 196 Å². The van der Waals surface area contributed by atoms with Crippen LogP contribution in [-0.4, -0.2) is 28.0 Å². The highest BCUT2D eigenvalue weighted by atomic mass is 32.2. The molecule has 0 spiro atoms. The van der Waals surface area contributed by atoms with Gasteiger partial charge >= 0.3 is 0 Å². The second-order valence-electron chi connectivity index (χ2n) is 7.37. The standard InChI is InChI=1S/C24H22N2O7S/c1-16-21(26-22(33-16)18-6-3-2-4-7-18)15-31-19-11-9-17(10-12-19)14-32-23-20(8-5-13-25-23)24(27)34(28,29)30/h2-13,24,27H,14-15H2,1H3,(H,28,29,30). The summed E-state index contributed by atoms with van der Waals surface area (Å²) in [5, 5.41) is 9.82. The fraction of sp³-hybridized carbons (Fsp3) is 0.167. The number of pyridine rings is 1. The van der Waals surface area contributed by atoms with Crippen molar-refractivity contribution in [2.45, 2.75) is 25.6 Å². The molecule has 2 heterocycles. The third-order valence-electron chi connectivity index (χ3n) is 4.94. The van der Waals surface area contributed by atoms with Crippen LogP contribution in [0.1, 0.15) is 28.0 Å². The van der Waals surface area contributed by atoms with Crippen LogP contribution in [0.5, 0.6) is 11.6 Å². The highest BCUT2D eigenvalue weighted by Crippen LogP contribution is 2.27. The van der Waals surface area contributed by atoms with Crippen molar-refractivity contribution in [3.8, 4) is 23.1 Å². The molecule has 2 aromatic heterocycles. The zero-order valence-electron chi connectivity index (χ0n) is 18.2. The number of oxazole rings is 1. The van der Waals surface area contributed by atoms with Crippen molar-refractivity contribution in [1.82, 2.24) is 9.97 Å². The number of aryl methyl sites for hydroxylation is 1. The molecule has 1 unspecified atom stereocenters. The number of benzene rings is 2. The van der Waals surface area contributed by atoms with Crippen molar-refractivity contribution in [2.75, 3.05) is 0 Å². The lowest BCUT2D eigenvalue weighted by molar-refractivity contribution is 0.223. The molecule has 0 bridgehead atoms. The molecule has 176 valence electrons. The summed E-state index contributed by atoms with van der Waals surface area (Å²) in [4.78, 5) is 8.46. The van der Waals surface area contributed by atoms with Crippen LogP contribution in [0.2, 0.25) is 0 Å². The highest BCUT2D eigenvalue weighted by Gasteiger charge is 2.26. The number of nitrogens with zero attached hydrogens (tertiary/aromatic N) is 2. The van der Waals surface area contributed by atoms with Crippen molar-refractivity contribution >= 4 is 10.1 Å². The van der Waals surface area contributed by atoms with E-state index in [-0.39, 0.29) is 24.7 Å². The lowest BCUT2D eigenvalue weighted by Crippen LogP contribution is -2.13. The molecule has 0 fully saturated rings. The van der Waals surface area contributed by atoms with Crippen molar-refractivity contribution < 1.29 is 32.0 Å². The first-order valence-electron chi connectivity index (χ1n) is 10.3. The van der Waals surface area contributed by atoms with Crippen LogP contribution in [0, 0.1) is 6.92 Å². The van der Waals surface area contributed by atoms with Gasteiger partial charge in [0.15, 0.2) is 0 Å². The average molecular weight is 483 g/mol. The predicted molar refractivity (Wildman–Crippen MR) is 123 cm³/mol. The Kier molecular flexibility index (Phi) is 6.92. The van der Waals surface area contributed by atoms with E-state index in [0.29, 0.717) is 23.1 Å². The van der Waals surface area contributed by atoms with Gasteiger partial charge in [-0.25, -0.2) is 9.97 Å². The maximum Gasteiger partial charge on any atom is 0.296 e. The van der Waals surface area contributed by atoms with Crippen LogP contribution in [0.15, 0.2) is 77.3 Å². The first-order chi connectivity index (χ1) is 16.3. The van der Waals surface area contributed by atoms with Gasteiger partial charge in [-0.15, -0.1) is 0 Å². The Hall–Kier alpha value is -3.73. The van der Waals surface area contributed by atoms with Crippen LogP contribution >= 0.6 is 0 Å². The number of aliphatic hydroxyl groups is 1. The van der Waals surface area contributed by atoms with E-state index >= 15 is 0 Å². The zero-order chi connectivity index (χ0) is 24.1. The fourth-order valence-electron chi connectivity index (χ4n) is 3.12. The maximum atomic E-state index is 11.3. The van der Waals surface area contributed by atoms with Gasteiger partial charge in [-0.05, 0) is 48.9 Å². The summed E-state index contributed by atoms with van der Waals surface area (Å²) in [5.41, 5.74) is 0.0548. The Bertz CT molecular complexity index is 1350. The Morgan fingerprint density at radius 1 is 0.971 bits per heavy atom. The quantitative estimate of drug-likeness (QED) is 0.339. The van der Waals surface area contributed by atoms with Crippen molar-refractivity contribution in [3.63, 3.8) is 0 Å². The molecule has 0 aliphatic heterocycles. The normalized spacial score (nSPS) is 12.3. The zero-order valence-corrected chi connectivity index (χ0v) is 19.0. The average Bonchev–Trinajstić information content (AvgIpc) is 3.22. The van der Waals surface area contributed by atoms with Crippen LogP contribution in [0.25, 0.3) is 11.5 Å². The molecule has 0 aliphatic carbocycles. The highest BCUT2D eigenvalue weighted by molar-refractivity contribution is 7.85. The lowest BCUT2D eigenvalue weighted by Gasteiger charge is -2.13. The predicted octanol–water partition coefficient (Wildman–Crippen LogP) is 4.08. The van der Waals surface area contributed by atoms with E-state index in [2.05, 4.69) is 9.97 Å². The first kappa shape index (κ1) is 23.4. The number of hydrogen-bond donors (Lipinski definition) is 2. The molecule has 0 aliphatic rings. The van der Waals surface area contributed by atoms with Gasteiger partial charge in [0, 0.05) is 11.8 Å². The summed E-state index contributed by atoms with van der Waals surface area (Å²) in [6.45, 7) is 2.14. The summed E-state index contributed by atoms with van der Waals surface area (Å²) in [5.74, 6) is 1.75. The number of aliphatic hydroxyl groups excluding tert-OH is 1. The second kappa shape index (κ2) is 10.0. The summed E-state index contributed by atoms with van der Waals surface area (Å²) < 4.78 is 48.7. The van der Waals surface area contributed by atoms with E-state index < -0.39 is 15.6 Å². The second-order valence-corrected chi connectivity index (χ2v) is 8.85. The van der Waals surface area contributed by atoms with Crippen LogP contribution < -0.4 is 9.47 Å². The van der Waals surface area contributed by atoms with E-state index in [0.717, 1.165) is 11.1 Å². The SMILES string of the molecule is Cc1oc(-c2ccccc2)nc1COc1ccc(COc2ncccc2C(O)S(=O)(=O)O)cc1. The molecular weight excluding hydrogens is 460 g/mol. The molecule has 10 heteroatoms. The Morgan fingerprint density at radius 2 is 1.71 bits per heavy atom. The van der Waals surface area contributed by atoms with E-state index in [4.69, 9.17) is 18.4 Å². The minimum Gasteiger partial charge on any atom is -0.487 e. The number of ether oxygens (including phenoxy) is 2. The van der Waals surface area contributed by atoms with Crippen molar-refractivity contribution in [3.05, 3.63) is 95.5 Å². The molecule has 0 saturated carbocycles. The number of aromatic nitrogens is 2. The Balaban J connectivity index is 1.37. The number of rotatable bonds is 9.